The van der Waals surface area contributed by atoms with Gasteiger partial charge in [-0.1, -0.05) is 12.2 Å². The molecule has 0 fully saturated rings. The Kier molecular flexibility index (Phi) is 5.79. The number of rotatable bonds is 7. The fraction of sp³-hybridized carbons (Fsp3) is 0.545. The molecule has 1 aromatic heterocycles. The summed E-state index contributed by atoms with van der Waals surface area (Å²) in [5.74, 6) is 0.759. The normalized spacial score (nSPS) is 10.5. The molecule has 1 aromatic rings. The molecular formula is C11H19N5S. The number of aromatic nitrogens is 2. The molecule has 0 amide bonds. The maximum Gasteiger partial charge on any atom is 0.144 e. The van der Waals surface area contributed by atoms with Crippen molar-refractivity contribution in [1.29, 1.82) is 0 Å². The molecule has 0 bridgehead atoms. The Bertz CT molecular complexity index is 349. The van der Waals surface area contributed by atoms with E-state index in [1.54, 1.807) is 12.4 Å². The van der Waals surface area contributed by atoms with Crippen LogP contribution in [0.1, 0.15) is 18.5 Å². The van der Waals surface area contributed by atoms with E-state index < -0.39 is 0 Å². The van der Waals surface area contributed by atoms with Gasteiger partial charge in [-0.25, -0.2) is 9.97 Å². The molecule has 6 heteroatoms. The van der Waals surface area contributed by atoms with E-state index in [1.165, 1.54) is 6.42 Å². The van der Waals surface area contributed by atoms with E-state index in [2.05, 4.69) is 34.3 Å². The Morgan fingerprint density at radius 1 is 1.35 bits per heavy atom. The van der Waals surface area contributed by atoms with Gasteiger partial charge in [0.1, 0.15) is 16.5 Å². The first-order valence-electron chi connectivity index (χ1n) is 5.60. The molecule has 0 aliphatic carbocycles. The average molecular weight is 253 g/mol. The highest BCUT2D eigenvalue weighted by Crippen LogP contribution is 2.01. The minimum Gasteiger partial charge on any atom is -0.388 e. The molecule has 0 atom stereocenters. The second kappa shape index (κ2) is 7.13. The Hall–Kier alpha value is -1.27. The molecule has 1 rings (SSSR count). The molecule has 0 saturated heterocycles. The van der Waals surface area contributed by atoms with Crippen LogP contribution in [-0.4, -0.2) is 47.0 Å². The second-order valence-electron chi connectivity index (χ2n) is 4.09. The van der Waals surface area contributed by atoms with Crippen LogP contribution in [0.25, 0.3) is 0 Å². The average Bonchev–Trinajstić information content (AvgIpc) is 2.29. The number of nitrogens with zero attached hydrogens (tertiary/aromatic N) is 3. The Morgan fingerprint density at radius 2 is 2.12 bits per heavy atom. The summed E-state index contributed by atoms with van der Waals surface area (Å²) in [4.78, 5) is 10.7. The van der Waals surface area contributed by atoms with E-state index in [4.69, 9.17) is 18.0 Å². The summed E-state index contributed by atoms with van der Waals surface area (Å²) in [5, 5.41) is 3.21. The van der Waals surface area contributed by atoms with Crippen molar-refractivity contribution in [3.63, 3.8) is 0 Å². The van der Waals surface area contributed by atoms with E-state index in [9.17, 15) is 0 Å². The molecule has 0 aliphatic heterocycles. The van der Waals surface area contributed by atoms with E-state index >= 15 is 0 Å². The molecule has 0 aliphatic rings. The zero-order chi connectivity index (χ0) is 12.7. The van der Waals surface area contributed by atoms with E-state index in [0.717, 1.165) is 25.3 Å². The second-order valence-corrected chi connectivity index (χ2v) is 4.53. The van der Waals surface area contributed by atoms with Gasteiger partial charge in [0, 0.05) is 6.54 Å². The van der Waals surface area contributed by atoms with Crippen LogP contribution < -0.4 is 11.1 Å². The van der Waals surface area contributed by atoms with Crippen LogP contribution in [0.15, 0.2) is 12.4 Å². The first-order chi connectivity index (χ1) is 8.09. The zero-order valence-electron chi connectivity index (χ0n) is 10.3. The third-order valence-corrected chi connectivity index (χ3v) is 2.45. The van der Waals surface area contributed by atoms with Crippen LogP contribution in [0.3, 0.4) is 0 Å². The number of thiocarbonyl (C=S) groups is 1. The fourth-order valence-electron chi connectivity index (χ4n) is 1.32. The van der Waals surface area contributed by atoms with Crippen LogP contribution >= 0.6 is 12.2 Å². The Morgan fingerprint density at radius 3 is 2.65 bits per heavy atom. The highest BCUT2D eigenvalue weighted by molar-refractivity contribution is 7.80. The van der Waals surface area contributed by atoms with E-state index in [1.807, 2.05) is 0 Å². The van der Waals surface area contributed by atoms with Gasteiger partial charge < -0.3 is 16.0 Å². The van der Waals surface area contributed by atoms with Gasteiger partial charge in [0.05, 0.1) is 12.4 Å². The topological polar surface area (TPSA) is 67.1 Å². The van der Waals surface area contributed by atoms with E-state index in [0.29, 0.717) is 5.69 Å². The van der Waals surface area contributed by atoms with Gasteiger partial charge in [-0.2, -0.15) is 0 Å². The molecule has 5 nitrogen and oxygen atoms in total. The molecular weight excluding hydrogens is 234 g/mol. The number of nitrogens with two attached hydrogens (primary N) is 1. The number of hydrogen-bond donors (Lipinski definition) is 2. The number of nitrogens with one attached hydrogen (secondary N) is 1. The number of hydrogen-bond acceptors (Lipinski definition) is 5. The van der Waals surface area contributed by atoms with Crippen molar-refractivity contribution in [3.8, 4) is 0 Å². The first kappa shape index (κ1) is 13.8. The van der Waals surface area contributed by atoms with Crippen molar-refractivity contribution in [3.05, 3.63) is 18.1 Å². The third-order valence-electron chi connectivity index (χ3n) is 2.24. The van der Waals surface area contributed by atoms with Gasteiger partial charge in [-0.05, 0) is 33.5 Å². The standard InChI is InChI=1S/C11H19N5S/c1-16(2)6-4-3-5-13-10-8-14-9(7-15-10)11(12)17/h7-8H,3-6H2,1-2H3,(H2,12,17)(H,13,15). The predicted molar refractivity (Wildman–Crippen MR) is 74.2 cm³/mol. The SMILES string of the molecule is CN(C)CCCCNc1cnc(C(N)=S)cn1. The predicted octanol–water partition coefficient (Wildman–Crippen LogP) is 0.864. The zero-order valence-corrected chi connectivity index (χ0v) is 11.1. The lowest BCUT2D eigenvalue weighted by Gasteiger charge is -2.09. The lowest BCUT2D eigenvalue weighted by Crippen LogP contribution is -2.15. The summed E-state index contributed by atoms with van der Waals surface area (Å²) in [7, 11) is 4.15. The number of unbranched alkanes of at least 4 members (excludes halogenated alkanes) is 1. The van der Waals surface area contributed by atoms with Gasteiger partial charge in [-0.3, -0.25) is 0 Å². The highest BCUT2D eigenvalue weighted by Gasteiger charge is 1.99. The summed E-state index contributed by atoms with van der Waals surface area (Å²) in [6, 6.07) is 0. The summed E-state index contributed by atoms with van der Waals surface area (Å²) in [5.41, 5.74) is 5.99. The monoisotopic (exact) mass is 253 g/mol. The summed E-state index contributed by atoms with van der Waals surface area (Å²) in [6.07, 6.45) is 5.51. The maximum atomic E-state index is 5.44. The first-order valence-corrected chi connectivity index (χ1v) is 6.01. The van der Waals surface area contributed by atoms with Crippen LogP contribution in [0, 0.1) is 0 Å². The van der Waals surface area contributed by atoms with Crippen molar-refractivity contribution in [2.45, 2.75) is 12.8 Å². The van der Waals surface area contributed by atoms with Gasteiger partial charge in [-0.15, -0.1) is 0 Å². The summed E-state index contributed by atoms with van der Waals surface area (Å²) in [6.45, 7) is 2.00. The van der Waals surface area contributed by atoms with Gasteiger partial charge in [0.2, 0.25) is 0 Å². The van der Waals surface area contributed by atoms with Crippen molar-refractivity contribution in [1.82, 2.24) is 14.9 Å². The van der Waals surface area contributed by atoms with Crippen LogP contribution in [0.5, 0.6) is 0 Å². The molecule has 0 radical (unpaired) electrons. The molecule has 0 aromatic carbocycles. The van der Waals surface area contributed by atoms with Crippen molar-refractivity contribution in [2.75, 3.05) is 32.5 Å². The highest BCUT2D eigenvalue weighted by atomic mass is 32.1. The molecule has 0 saturated carbocycles. The smallest absolute Gasteiger partial charge is 0.144 e. The summed E-state index contributed by atoms with van der Waals surface area (Å²) < 4.78 is 0. The van der Waals surface area contributed by atoms with Crippen molar-refractivity contribution in [2.24, 2.45) is 5.73 Å². The van der Waals surface area contributed by atoms with Crippen LogP contribution in [-0.2, 0) is 0 Å². The Balaban J connectivity index is 2.25. The molecule has 17 heavy (non-hydrogen) atoms. The van der Waals surface area contributed by atoms with Crippen molar-refractivity contribution >= 4 is 23.0 Å². The van der Waals surface area contributed by atoms with E-state index in [-0.39, 0.29) is 4.99 Å². The molecule has 0 spiro atoms. The van der Waals surface area contributed by atoms with Crippen molar-refractivity contribution < 1.29 is 0 Å². The third kappa shape index (κ3) is 5.55. The quantitative estimate of drug-likeness (QED) is 0.555. The largest absolute Gasteiger partial charge is 0.388 e. The van der Waals surface area contributed by atoms with Crippen LogP contribution in [0.2, 0.25) is 0 Å². The maximum absolute atomic E-state index is 5.44. The minimum atomic E-state index is 0.273. The summed E-state index contributed by atoms with van der Waals surface area (Å²) >= 11 is 4.80. The number of anilines is 1. The van der Waals surface area contributed by atoms with Gasteiger partial charge in [0.15, 0.2) is 0 Å². The Labute approximate surface area is 107 Å². The molecule has 0 unspecified atom stereocenters. The minimum absolute atomic E-state index is 0.273. The fourth-order valence-corrected chi connectivity index (χ4v) is 1.42. The van der Waals surface area contributed by atoms with Gasteiger partial charge >= 0.3 is 0 Å². The molecule has 3 N–H and O–H groups in total. The molecule has 1 heterocycles. The lowest BCUT2D eigenvalue weighted by atomic mass is 10.3. The lowest BCUT2D eigenvalue weighted by molar-refractivity contribution is 0.396. The van der Waals surface area contributed by atoms with Crippen LogP contribution in [0.4, 0.5) is 5.82 Å². The molecule has 94 valence electrons. The van der Waals surface area contributed by atoms with Gasteiger partial charge in [0.25, 0.3) is 0 Å².